The van der Waals surface area contributed by atoms with Gasteiger partial charge in [-0.05, 0) is 95.5 Å². The van der Waals surface area contributed by atoms with Gasteiger partial charge in [-0.2, -0.15) is 0 Å². The third-order valence-corrected chi connectivity index (χ3v) is 8.45. The van der Waals surface area contributed by atoms with E-state index in [2.05, 4.69) is 67.4 Å². The lowest BCUT2D eigenvalue weighted by Gasteiger charge is -2.41. The summed E-state index contributed by atoms with van der Waals surface area (Å²) in [5, 5.41) is 3.58. The second kappa shape index (κ2) is 13.6. The Morgan fingerprint density at radius 2 is 1.67 bits per heavy atom. The van der Waals surface area contributed by atoms with Crippen molar-refractivity contribution in [2.45, 2.75) is 92.9 Å². The van der Waals surface area contributed by atoms with E-state index in [-0.39, 0.29) is 5.78 Å². The van der Waals surface area contributed by atoms with E-state index in [1.165, 1.54) is 11.1 Å². The number of aromatic nitrogens is 1. The maximum Gasteiger partial charge on any atom is 0.163 e. The number of piperidine rings is 1. The predicted molar refractivity (Wildman–Crippen MR) is 177 cm³/mol. The summed E-state index contributed by atoms with van der Waals surface area (Å²) in [4.78, 5) is 20.6. The van der Waals surface area contributed by atoms with Crippen molar-refractivity contribution in [1.29, 1.82) is 0 Å². The first-order valence-corrected chi connectivity index (χ1v) is 15.7. The van der Waals surface area contributed by atoms with Crippen molar-refractivity contribution in [2.75, 3.05) is 31.6 Å². The zero-order valence-electron chi connectivity index (χ0n) is 27.8. The fourth-order valence-electron chi connectivity index (χ4n) is 6.02. The molecular weight excluding hydrogens is 534 g/mol. The van der Waals surface area contributed by atoms with E-state index in [0.29, 0.717) is 5.41 Å². The van der Waals surface area contributed by atoms with Gasteiger partial charge in [0.15, 0.2) is 5.78 Å². The zero-order valence-corrected chi connectivity index (χ0v) is 27.8. The Bertz CT molecular complexity index is 1400. The highest BCUT2D eigenvalue weighted by Gasteiger charge is 2.35. The van der Waals surface area contributed by atoms with Crippen molar-refractivity contribution >= 4 is 11.5 Å². The molecule has 0 saturated carbocycles. The number of hydrogen-bond acceptors (Lipinski definition) is 6. The van der Waals surface area contributed by atoms with Gasteiger partial charge in [0.05, 0.1) is 18.4 Å². The standard InChI is InChI=1S/C37H51N3O3/c1-25-32(30-16-14-28(15-17-30)24-38-21-18-29-12-10-11-13-31(29)42-9)34(40-22-19-37(7,8)20-23-40)33(26(2)39-25)35(27(3)41)43-36(4,5)6/h10-17,35,38H,18-24H2,1-9H3/t35-/m1/s1. The van der Waals surface area contributed by atoms with Crippen LogP contribution in [0.2, 0.25) is 0 Å². The Hall–Kier alpha value is -3.22. The van der Waals surface area contributed by atoms with Crippen LogP contribution in [0.4, 0.5) is 5.69 Å². The number of ether oxygens (including phenoxy) is 2. The molecule has 43 heavy (non-hydrogen) atoms. The van der Waals surface area contributed by atoms with Gasteiger partial charge in [0.2, 0.25) is 0 Å². The first-order valence-electron chi connectivity index (χ1n) is 15.7. The largest absolute Gasteiger partial charge is 0.496 e. The Morgan fingerprint density at radius 1 is 1.02 bits per heavy atom. The molecule has 1 saturated heterocycles. The van der Waals surface area contributed by atoms with Crippen molar-refractivity contribution < 1.29 is 14.3 Å². The molecule has 1 aromatic heterocycles. The molecular formula is C37H51N3O3. The molecule has 1 aliphatic heterocycles. The van der Waals surface area contributed by atoms with Gasteiger partial charge >= 0.3 is 0 Å². The lowest BCUT2D eigenvalue weighted by molar-refractivity contribution is -0.138. The summed E-state index contributed by atoms with van der Waals surface area (Å²) in [6, 6.07) is 17.0. The number of hydrogen-bond donors (Lipinski definition) is 1. The summed E-state index contributed by atoms with van der Waals surface area (Å²) in [6.45, 7) is 20.0. The third-order valence-electron chi connectivity index (χ3n) is 8.45. The molecule has 6 heteroatoms. The van der Waals surface area contributed by atoms with Crippen LogP contribution in [-0.4, -0.2) is 43.1 Å². The molecule has 1 atom stereocenters. The fraction of sp³-hybridized carbons (Fsp3) is 0.514. The second-order valence-electron chi connectivity index (χ2n) is 13.7. The summed E-state index contributed by atoms with van der Waals surface area (Å²) in [7, 11) is 1.72. The molecule has 4 rings (SSSR count). The summed E-state index contributed by atoms with van der Waals surface area (Å²) < 4.78 is 12.0. The molecule has 232 valence electrons. The lowest BCUT2D eigenvalue weighted by atomic mass is 9.81. The summed E-state index contributed by atoms with van der Waals surface area (Å²) in [6.07, 6.45) is 2.42. The normalized spacial score (nSPS) is 15.8. The van der Waals surface area contributed by atoms with E-state index in [4.69, 9.17) is 14.5 Å². The first-order chi connectivity index (χ1) is 20.3. The number of pyridine rings is 1. The molecule has 2 heterocycles. The van der Waals surface area contributed by atoms with Crippen molar-refractivity contribution in [3.05, 3.63) is 76.6 Å². The summed E-state index contributed by atoms with van der Waals surface area (Å²) in [5.74, 6) is 0.936. The molecule has 0 bridgehead atoms. The van der Waals surface area contributed by atoms with Gasteiger partial charge < -0.3 is 19.7 Å². The van der Waals surface area contributed by atoms with Crippen LogP contribution in [0.1, 0.15) is 88.6 Å². The molecule has 0 spiro atoms. The molecule has 1 fully saturated rings. The smallest absolute Gasteiger partial charge is 0.163 e. The highest BCUT2D eigenvalue weighted by molar-refractivity contribution is 5.90. The fourth-order valence-corrected chi connectivity index (χ4v) is 6.02. The van der Waals surface area contributed by atoms with Gasteiger partial charge in [-0.3, -0.25) is 9.78 Å². The molecule has 6 nitrogen and oxygen atoms in total. The minimum Gasteiger partial charge on any atom is -0.496 e. The number of benzene rings is 2. The number of carbonyl (C=O) groups is 1. The SMILES string of the molecule is COc1ccccc1CCNCc1ccc(-c2c(C)nc(C)c([C@H](OC(C)(C)C)C(C)=O)c2N2CCC(C)(C)CC2)cc1. The number of ketones is 1. The van der Waals surface area contributed by atoms with E-state index >= 15 is 0 Å². The van der Waals surface area contributed by atoms with E-state index in [1.807, 2.05) is 39.8 Å². The maximum absolute atomic E-state index is 13.2. The van der Waals surface area contributed by atoms with Crippen molar-refractivity contribution in [1.82, 2.24) is 10.3 Å². The van der Waals surface area contributed by atoms with E-state index < -0.39 is 11.7 Å². The first kappa shape index (κ1) is 32.7. The third kappa shape index (κ3) is 8.24. The van der Waals surface area contributed by atoms with Crippen molar-refractivity contribution in [3.63, 3.8) is 0 Å². The van der Waals surface area contributed by atoms with Crippen LogP contribution in [0.25, 0.3) is 11.1 Å². The Balaban J connectivity index is 1.65. The molecule has 1 N–H and O–H groups in total. The lowest BCUT2D eigenvalue weighted by Crippen LogP contribution is -2.39. The van der Waals surface area contributed by atoms with Gasteiger partial charge in [-0.15, -0.1) is 0 Å². The number of nitrogens with zero attached hydrogens (tertiary/aromatic N) is 2. The Morgan fingerprint density at radius 3 is 2.28 bits per heavy atom. The van der Waals surface area contributed by atoms with Gasteiger partial charge in [0.25, 0.3) is 0 Å². The minimum atomic E-state index is -0.677. The quantitative estimate of drug-likeness (QED) is 0.232. The van der Waals surface area contributed by atoms with Crippen LogP contribution in [0.5, 0.6) is 5.75 Å². The maximum atomic E-state index is 13.2. The minimum absolute atomic E-state index is 0.00256. The highest BCUT2D eigenvalue weighted by atomic mass is 16.5. The molecule has 0 amide bonds. The number of nitrogens with one attached hydrogen (secondary N) is 1. The van der Waals surface area contributed by atoms with E-state index in [1.54, 1.807) is 14.0 Å². The van der Waals surface area contributed by atoms with Crippen LogP contribution in [0.3, 0.4) is 0 Å². The van der Waals surface area contributed by atoms with Crippen LogP contribution in [-0.2, 0) is 22.5 Å². The molecule has 3 aromatic rings. The van der Waals surface area contributed by atoms with Crippen LogP contribution >= 0.6 is 0 Å². The monoisotopic (exact) mass is 585 g/mol. The number of para-hydroxylation sites is 1. The number of anilines is 1. The average molecular weight is 586 g/mol. The topological polar surface area (TPSA) is 63.7 Å². The number of carbonyl (C=O) groups excluding carboxylic acids is 1. The predicted octanol–water partition coefficient (Wildman–Crippen LogP) is 7.78. The molecule has 2 aromatic carbocycles. The van der Waals surface area contributed by atoms with E-state index in [0.717, 1.165) is 85.0 Å². The molecule has 0 radical (unpaired) electrons. The van der Waals surface area contributed by atoms with Gasteiger partial charge in [-0.25, -0.2) is 0 Å². The number of methoxy groups -OCH3 is 1. The zero-order chi connectivity index (χ0) is 31.4. The molecule has 0 aliphatic carbocycles. The summed E-state index contributed by atoms with van der Waals surface area (Å²) >= 11 is 0. The van der Waals surface area contributed by atoms with Gasteiger partial charge in [-0.1, -0.05) is 56.3 Å². The second-order valence-corrected chi connectivity index (χ2v) is 13.7. The van der Waals surface area contributed by atoms with E-state index in [9.17, 15) is 4.79 Å². The Kier molecular flexibility index (Phi) is 10.3. The molecule has 0 unspecified atom stereocenters. The van der Waals surface area contributed by atoms with Crippen LogP contribution in [0, 0.1) is 19.3 Å². The average Bonchev–Trinajstić information content (AvgIpc) is 2.94. The number of Topliss-reactive ketones (excluding diaryl/α,β-unsaturated/α-hetero) is 1. The van der Waals surface area contributed by atoms with Crippen molar-refractivity contribution in [3.8, 4) is 16.9 Å². The van der Waals surface area contributed by atoms with Crippen molar-refractivity contribution in [2.24, 2.45) is 5.41 Å². The Labute approximate surface area is 259 Å². The van der Waals surface area contributed by atoms with Crippen LogP contribution in [0.15, 0.2) is 48.5 Å². The molecule has 1 aliphatic rings. The van der Waals surface area contributed by atoms with Gasteiger partial charge in [0.1, 0.15) is 11.9 Å². The van der Waals surface area contributed by atoms with Gasteiger partial charge in [0, 0.05) is 42.1 Å². The number of rotatable bonds is 11. The van der Waals surface area contributed by atoms with Crippen LogP contribution < -0.4 is 15.0 Å². The highest BCUT2D eigenvalue weighted by Crippen LogP contribution is 2.45. The summed E-state index contributed by atoms with van der Waals surface area (Å²) in [5.41, 5.74) is 8.31. The number of aryl methyl sites for hydroxylation is 2.